The van der Waals surface area contributed by atoms with Crippen LogP contribution in [0.15, 0.2) is 36.8 Å². The van der Waals surface area contributed by atoms with Gasteiger partial charge in [-0.15, -0.1) is 0 Å². The number of carbonyl (C=O) groups excluding carboxylic acids is 1. The number of aromatic nitrogens is 5. The second kappa shape index (κ2) is 7.47. The van der Waals surface area contributed by atoms with E-state index < -0.39 is 0 Å². The second-order valence-electron chi connectivity index (χ2n) is 9.35. The van der Waals surface area contributed by atoms with Crippen LogP contribution in [0.2, 0.25) is 0 Å². The lowest BCUT2D eigenvalue weighted by atomic mass is 9.60. The molecule has 1 spiro atoms. The third-order valence-corrected chi connectivity index (χ3v) is 7.36. The van der Waals surface area contributed by atoms with Crippen LogP contribution in [0.5, 0.6) is 5.88 Å². The number of amides is 1. The van der Waals surface area contributed by atoms with Crippen molar-refractivity contribution in [3.05, 3.63) is 36.8 Å². The number of piperidine rings is 1. The number of rotatable bonds is 4. The van der Waals surface area contributed by atoms with Crippen molar-refractivity contribution in [3.63, 3.8) is 0 Å². The molecule has 170 valence electrons. The lowest BCUT2D eigenvalue weighted by molar-refractivity contribution is -0.132. The first-order chi connectivity index (χ1) is 16.0. The van der Waals surface area contributed by atoms with Gasteiger partial charge in [0.05, 0.1) is 18.0 Å². The summed E-state index contributed by atoms with van der Waals surface area (Å²) in [5, 5.41) is 8.64. The van der Waals surface area contributed by atoms with Gasteiger partial charge in [-0.3, -0.25) is 4.79 Å². The van der Waals surface area contributed by atoms with Gasteiger partial charge in [-0.25, -0.2) is 4.52 Å². The summed E-state index contributed by atoms with van der Waals surface area (Å²) in [6.45, 7) is 3.40. The average Bonchev–Trinajstić information content (AvgIpc) is 3.44. The number of likely N-dealkylation sites (tertiary alicyclic amines) is 1. The molecule has 0 unspecified atom stereocenters. The number of anilines is 1. The molecule has 1 amide bonds. The molecule has 1 aliphatic heterocycles. The summed E-state index contributed by atoms with van der Waals surface area (Å²) >= 11 is 0. The van der Waals surface area contributed by atoms with Crippen molar-refractivity contribution in [2.75, 3.05) is 25.5 Å². The number of aromatic amines is 1. The lowest BCUT2D eigenvalue weighted by Crippen LogP contribution is -2.52. The Kier molecular flexibility index (Phi) is 4.53. The highest BCUT2D eigenvalue weighted by atomic mass is 16.5. The van der Waals surface area contributed by atoms with Crippen molar-refractivity contribution in [2.45, 2.75) is 38.6 Å². The number of nitrogens with one attached hydrogen (secondary N) is 2. The van der Waals surface area contributed by atoms with Crippen LogP contribution in [0, 0.1) is 5.41 Å². The molecule has 5 heterocycles. The van der Waals surface area contributed by atoms with Crippen LogP contribution in [-0.4, -0.2) is 61.6 Å². The van der Waals surface area contributed by atoms with E-state index in [-0.39, 0.29) is 5.91 Å². The van der Waals surface area contributed by atoms with Gasteiger partial charge in [0.25, 0.3) is 0 Å². The van der Waals surface area contributed by atoms with Gasteiger partial charge in [-0.05, 0) is 54.9 Å². The Morgan fingerprint density at radius 2 is 2.06 bits per heavy atom. The predicted octanol–water partition coefficient (Wildman–Crippen LogP) is 3.48. The number of hydrogen-bond acceptors (Lipinski definition) is 6. The highest BCUT2D eigenvalue weighted by Gasteiger charge is 2.46. The van der Waals surface area contributed by atoms with Gasteiger partial charge >= 0.3 is 0 Å². The standard InChI is InChI=1S/C24H27N7O2/c1-15(32)30-9-5-24(6-10-30)12-17(13-24)27-23-28-21-20(22(29-23)33-2)19(14-25-21)16-4-8-31-18(11-16)3-7-26-31/h3-4,7-8,11,14,17H,5-6,9-10,12-13H2,1-2H3,(H2,25,27,28,29). The zero-order valence-corrected chi connectivity index (χ0v) is 18.8. The largest absolute Gasteiger partial charge is 0.480 e. The van der Waals surface area contributed by atoms with Gasteiger partial charge < -0.3 is 19.9 Å². The number of hydrogen-bond donors (Lipinski definition) is 2. The summed E-state index contributed by atoms with van der Waals surface area (Å²) in [6, 6.07) is 6.43. The monoisotopic (exact) mass is 445 g/mol. The van der Waals surface area contributed by atoms with E-state index in [1.807, 2.05) is 33.9 Å². The molecule has 0 bridgehead atoms. The zero-order chi connectivity index (χ0) is 22.6. The summed E-state index contributed by atoms with van der Waals surface area (Å²) in [5.74, 6) is 1.32. The summed E-state index contributed by atoms with van der Waals surface area (Å²) in [5.41, 5.74) is 4.17. The minimum Gasteiger partial charge on any atom is -0.480 e. The van der Waals surface area contributed by atoms with E-state index in [0.717, 1.165) is 66.4 Å². The van der Waals surface area contributed by atoms with Gasteiger partial charge in [0.15, 0.2) is 0 Å². The van der Waals surface area contributed by atoms with E-state index in [1.165, 1.54) is 0 Å². The molecule has 0 radical (unpaired) electrons. The maximum Gasteiger partial charge on any atom is 0.228 e. The fourth-order valence-corrected chi connectivity index (χ4v) is 5.50. The summed E-state index contributed by atoms with van der Waals surface area (Å²) < 4.78 is 7.51. The van der Waals surface area contributed by atoms with E-state index in [4.69, 9.17) is 9.72 Å². The molecule has 1 saturated heterocycles. The van der Waals surface area contributed by atoms with E-state index in [2.05, 4.69) is 26.4 Å². The van der Waals surface area contributed by atoms with Crippen LogP contribution in [0.3, 0.4) is 0 Å². The second-order valence-corrected chi connectivity index (χ2v) is 9.35. The Morgan fingerprint density at radius 3 is 2.82 bits per heavy atom. The molecule has 4 aromatic rings. The van der Waals surface area contributed by atoms with Gasteiger partial charge in [0, 0.05) is 50.2 Å². The Hall–Kier alpha value is -3.62. The molecule has 2 N–H and O–H groups in total. The number of pyridine rings is 1. The Balaban J connectivity index is 1.22. The third-order valence-electron chi connectivity index (χ3n) is 7.36. The van der Waals surface area contributed by atoms with E-state index in [0.29, 0.717) is 23.3 Å². The molecule has 9 heteroatoms. The molecule has 1 saturated carbocycles. The molecule has 2 aliphatic rings. The van der Waals surface area contributed by atoms with Crippen molar-refractivity contribution >= 4 is 28.4 Å². The SMILES string of the molecule is COc1nc(NC2CC3(CCN(C(C)=O)CC3)C2)nc2[nH]cc(-c3ccn4nccc4c3)c12. The van der Waals surface area contributed by atoms with Gasteiger partial charge in [0.2, 0.25) is 17.7 Å². The number of carbonyl (C=O) groups is 1. The number of fused-ring (bicyclic) bond motifs is 2. The molecule has 0 atom stereocenters. The van der Waals surface area contributed by atoms with Crippen LogP contribution < -0.4 is 10.1 Å². The zero-order valence-electron chi connectivity index (χ0n) is 18.8. The van der Waals surface area contributed by atoms with Crippen molar-refractivity contribution in [3.8, 4) is 17.0 Å². The number of ether oxygens (including phenoxy) is 1. The van der Waals surface area contributed by atoms with Crippen molar-refractivity contribution in [2.24, 2.45) is 5.41 Å². The Bertz CT molecular complexity index is 1340. The van der Waals surface area contributed by atoms with Crippen LogP contribution in [0.1, 0.15) is 32.6 Å². The highest BCUT2D eigenvalue weighted by Crippen LogP contribution is 2.50. The smallest absolute Gasteiger partial charge is 0.228 e. The molecular formula is C24H27N7O2. The molecule has 6 rings (SSSR count). The summed E-state index contributed by atoms with van der Waals surface area (Å²) in [4.78, 5) is 26.3. The lowest BCUT2D eigenvalue weighted by Gasteiger charge is -2.52. The maximum atomic E-state index is 11.6. The molecule has 0 aromatic carbocycles. The van der Waals surface area contributed by atoms with Crippen LogP contribution in [0.25, 0.3) is 27.7 Å². The van der Waals surface area contributed by atoms with E-state index >= 15 is 0 Å². The number of nitrogens with zero attached hydrogens (tertiary/aromatic N) is 5. The van der Waals surface area contributed by atoms with Gasteiger partial charge in [0.1, 0.15) is 5.65 Å². The normalized spacial score (nSPS) is 18.1. The topological polar surface area (TPSA) is 100 Å². The highest BCUT2D eigenvalue weighted by molar-refractivity contribution is 5.98. The predicted molar refractivity (Wildman–Crippen MR) is 125 cm³/mol. The summed E-state index contributed by atoms with van der Waals surface area (Å²) in [6.07, 6.45) is 10.0. The Morgan fingerprint density at radius 1 is 1.24 bits per heavy atom. The molecule has 9 nitrogen and oxygen atoms in total. The van der Waals surface area contributed by atoms with Crippen molar-refractivity contribution in [1.29, 1.82) is 0 Å². The molecule has 2 fully saturated rings. The van der Waals surface area contributed by atoms with Gasteiger partial charge in [-0.2, -0.15) is 15.1 Å². The first-order valence-corrected chi connectivity index (χ1v) is 11.4. The van der Waals surface area contributed by atoms with Gasteiger partial charge in [-0.1, -0.05) is 0 Å². The van der Waals surface area contributed by atoms with Crippen molar-refractivity contribution < 1.29 is 9.53 Å². The quantitative estimate of drug-likeness (QED) is 0.499. The number of H-pyrrole nitrogens is 1. The Labute approximate surface area is 191 Å². The number of methoxy groups -OCH3 is 1. The fourth-order valence-electron chi connectivity index (χ4n) is 5.50. The molecule has 4 aromatic heterocycles. The minimum absolute atomic E-state index is 0.183. The van der Waals surface area contributed by atoms with Crippen LogP contribution in [-0.2, 0) is 4.79 Å². The van der Waals surface area contributed by atoms with E-state index in [1.54, 1.807) is 20.2 Å². The summed E-state index contributed by atoms with van der Waals surface area (Å²) in [7, 11) is 1.64. The van der Waals surface area contributed by atoms with Crippen LogP contribution in [0.4, 0.5) is 5.95 Å². The minimum atomic E-state index is 0.183. The molecule has 1 aliphatic carbocycles. The fraction of sp³-hybridized carbons (Fsp3) is 0.417. The first-order valence-electron chi connectivity index (χ1n) is 11.4. The maximum absolute atomic E-state index is 11.6. The first kappa shape index (κ1) is 20.0. The third kappa shape index (κ3) is 3.39. The average molecular weight is 446 g/mol. The van der Waals surface area contributed by atoms with E-state index in [9.17, 15) is 4.79 Å². The van der Waals surface area contributed by atoms with Crippen molar-refractivity contribution in [1.82, 2.24) is 29.5 Å². The molecule has 33 heavy (non-hydrogen) atoms. The van der Waals surface area contributed by atoms with Crippen LogP contribution >= 0.6 is 0 Å². The molecular weight excluding hydrogens is 418 g/mol.